The predicted molar refractivity (Wildman–Crippen MR) is 63.9 cm³/mol. The first-order chi connectivity index (χ1) is 7.22. The maximum absolute atomic E-state index is 5.52. The first-order valence-corrected chi connectivity index (χ1v) is 5.75. The number of benzene rings is 1. The predicted octanol–water partition coefficient (Wildman–Crippen LogP) is 2.25. The second-order valence-corrected chi connectivity index (χ2v) is 4.45. The monoisotopic (exact) mass is 219 g/mol. The first-order valence-electron chi connectivity index (χ1n) is 4.77. The molecule has 1 heterocycles. The van der Waals surface area contributed by atoms with Crippen molar-refractivity contribution in [3.05, 3.63) is 29.6 Å². The van der Waals surface area contributed by atoms with Gasteiger partial charge in [0.2, 0.25) is 0 Å². The van der Waals surface area contributed by atoms with Crippen molar-refractivity contribution in [1.82, 2.24) is 9.97 Å². The van der Waals surface area contributed by atoms with Crippen LogP contribution in [0.1, 0.15) is 11.1 Å². The Morgan fingerprint density at radius 3 is 2.67 bits per heavy atom. The van der Waals surface area contributed by atoms with Gasteiger partial charge in [-0.2, -0.15) is 0 Å². The van der Waals surface area contributed by atoms with E-state index in [9.17, 15) is 0 Å². The average molecular weight is 219 g/mol. The van der Waals surface area contributed by atoms with Crippen LogP contribution in [-0.2, 0) is 0 Å². The minimum atomic E-state index is 0.541. The van der Waals surface area contributed by atoms with E-state index in [1.54, 1.807) is 18.1 Å². The molecule has 0 aliphatic carbocycles. The normalized spacial score (nSPS) is 10.9. The molecule has 1 aromatic carbocycles. The molecular weight excluding hydrogens is 206 g/mol. The van der Waals surface area contributed by atoms with Gasteiger partial charge in [0.15, 0.2) is 0 Å². The third-order valence-electron chi connectivity index (χ3n) is 2.43. The van der Waals surface area contributed by atoms with Crippen molar-refractivity contribution < 1.29 is 0 Å². The van der Waals surface area contributed by atoms with Crippen molar-refractivity contribution in [2.75, 3.05) is 5.88 Å². The highest BCUT2D eigenvalue weighted by Gasteiger charge is 2.05. The van der Waals surface area contributed by atoms with Gasteiger partial charge in [-0.15, -0.1) is 0 Å². The lowest BCUT2D eigenvalue weighted by Gasteiger charge is -2.06. The van der Waals surface area contributed by atoms with E-state index in [2.05, 4.69) is 35.9 Å². The zero-order chi connectivity index (χ0) is 10.8. The van der Waals surface area contributed by atoms with Gasteiger partial charge in [0.25, 0.3) is 0 Å². The number of aryl methyl sites for hydroxylation is 2. The van der Waals surface area contributed by atoms with Crippen LogP contribution in [0.3, 0.4) is 0 Å². The van der Waals surface area contributed by atoms with Crippen LogP contribution in [0.25, 0.3) is 10.9 Å². The van der Waals surface area contributed by atoms with Gasteiger partial charge in [-0.3, -0.25) is 0 Å². The molecule has 0 saturated carbocycles. The number of nitrogens with two attached hydrogens (primary N) is 1. The van der Waals surface area contributed by atoms with Crippen LogP contribution in [0.2, 0.25) is 0 Å². The van der Waals surface area contributed by atoms with E-state index >= 15 is 0 Å². The molecule has 2 N–H and O–H groups in total. The third-order valence-corrected chi connectivity index (χ3v) is 3.20. The largest absolute Gasteiger partial charge is 0.322 e. The molecule has 0 atom stereocenters. The smallest absolute Gasteiger partial charge is 0.117 e. The topological polar surface area (TPSA) is 51.8 Å². The van der Waals surface area contributed by atoms with Gasteiger partial charge in [-0.25, -0.2) is 9.97 Å². The standard InChI is InChI=1S/C11H13N3S/c1-7-3-9-10(4-8(7)2)13-6-14-11(9)15-5-12/h3-4,6H,5,12H2,1-2H3. The molecule has 15 heavy (non-hydrogen) atoms. The zero-order valence-electron chi connectivity index (χ0n) is 8.82. The van der Waals surface area contributed by atoms with Gasteiger partial charge in [0.05, 0.1) is 5.52 Å². The number of hydrogen-bond donors (Lipinski definition) is 1. The quantitative estimate of drug-likeness (QED) is 0.478. The van der Waals surface area contributed by atoms with E-state index in [0.717, 1.165) is 15.9 Å². The molecular formula is C11H13N3S. The molecule has 2 aromatic rings. The molecule has 2 rings (SSSR count). The van der Waals surface area contributed by atoms with Gasteiger partial charge in [-0.05, 0) is 37.1 Å². The summed E-state index contributed by atoms with van der Waals surface area (Å²) >= 11 is 1.55. The van der Waals surface area contributed by atoms with Crippen molar-refractivity contribution in [3.8, 4) is 0 Å². The molecule has 0 unspecified atom stereocenters. The Morgan fingerprint density at radius 2 is 1.93 bits per heavy atom. The Morgan fingerprint density at radius 1 is 1.20 bits per heavy atom. The second kappa shape index (κ2) is 4.16. The van der Waals surface area contributed by atoms with Gasteiger partial charge in [-0.1, -0.05) is 11.8 Å². The molecule has 1 aromatic heterocycles. The minimum Gasteiger partial charge on any atom is -0.322 e. The van der Waals surface area contributed by atoms with Crippen LogP contribution >= 0.6 is 11.8 Å². The summed E-state index contributed by atoms with van der Waals surface area (Å²) in [5.41, 5.74) is 9.03. The summed E-state index contributed by atoms with van der Waals surface area (Å²) in [6, 6.07) is 4.22. The molecule has 0 aliphatic heterocycles. The molecule has 0 spiro atoms. The van der Waals surface area contributed by atoms with Crippen molar-refractivity contribution in [3.63, 3.8) is 0 Å². The maximum Gasteiger partial charge on any atom is 0.117 e. The Labute approximate surface area is 93.1 Å². The average Bonchev–Trinajstić information content (AvgIpc) is 2.21. The minimum absolute atomic E-state index is 0.541. The highest BCUT2D eigenvalue weighted by Crippen LogP contribution is 2.25. The van der Waals surface area contributed by atoms with Crippen molar-refractivity contribution in [2.24, 2.45) is 5.73 Å². The van der Waals surface area contributed by atoms with Gasteiger partial charge in [0.1, 0.15) is 11.4 Å². The Kier molecular flexibility index (Phi) is 2.88. The number of fused-ring (bicyclic) bond motifs is 1. The highest BCUT2D eigenvalue weighted by atomic mass is 32.2. The van der Waals surface area contributed by atoms with Crippen LogP contribution in [-0.4, -0.2) is 15.8 Å². The van der Waals surface area contributed by atoms with Gasteiger partial charge < -0.3 is 5.73 Å². The molecule has 4 heteroatoms. The number of aromatic nitrogens is 2. The number of thioether (sulfide) groups is 1. The molecule has 0 aliphatic rings. The lowest BCUT2D eigenvalue weighted by molar-refractivity contribution is 1.09. The van der Waals surface area contributed by atoms with Crippen LogP contribution in [0.15, 0.2) is 23.5 Å². The van der Waals surface area contributed by atoms with E-state index < -0.39 is 0 Å². The summed E-state index contributed by atoms with van der Waals surface area (Å²) in [6.07, 6.45) is 1.59. The lowest BCUT2D eigenvalue weighted by atomic mass is 10.1. The summed E-state index contributed by atoms with van der Waals surface area (Å²) in [5.74, 6) is 0.541. The van der Waals surface area contributed by atoms with Gasteiger partial charge >= 0.3 is 0 Å². The fraction of sp³-hybridized carbons (Fsp3) is 0.273. The lowest BCUT2D eigenvalue weighted by Crippen LogP contribution is -1.95. The van der Waals surface area contributed by atoms with E-state index in [4.69, 9.17) is 5.73 Å². The summed E-state index contributed by atoms with van der Waals surface area (Å²) in [7, 11) is 0. The van der Waals surface area contributed by atoms with Crippen molar-refractivity contribution in [1.29, 1.82) is 0 Å². The van der Waals surface area contributed by atoms with Crippen LogP contribution in [0.4, 0.5) is 0 Å². The molecule has 0 radical (unpaired) electrons. The van der Waals surface area contributed by atoms with Crippen LogP contribution in [0.5, 0.6) is 0 Å². The molecule has 0 bridgehead atoms. The molecule has 0 saturated heterocycles. The zero-order valence-corrected chi connectivity index (χ0v) is 9.64. The number of hydrogen-bond acceptors (Lipinski definition) is 4. The number of rotatable bonds is 2. The second-order valence-electron chi connectivity index (χ2n) is 3.44. The van der Waals surface area contributed by atoms with Gasteiger partial charge in [0, 0.05) is 11.3 Å². The summed E-state index contributed by atoms with van der Waals surface area (Å²) in [5, 5.41) is 2.06. The Bertz CT molecular complexity index is 496. The third kappa shape index (κ3) is 1.96. The van der Waals surface area contributed by atoms with Crippen LogP contribution in [0, 0.1) is 13.8 Å². The Hall–Kier alpha value is -1.13. The van der Waals surface area contributed by atoms with E-state index in [1.165, 1.54) is 11.1 Å². The van der Waals surface area contributed by atoms with Crippen LogP contribution < -0.4 is 5.73 Å². The molecule has 0 fully saturated rings. The molecule has 3 nitrogen and oxygen atoms in total. The fourth-order valence-corrected chi connectivity index (χ4v) is 2.08. The summed E-state index contributed by atoms with van der Waals surface area (Å²) in [4.78, 5) is 8.50. The summed E-state index contributed by atoms with van der Waals surface area (Å²) in [6.45, 7) is 4.19. The number of nitrogens with zero attached hydrogens (tertiary/aromatic N) is 2. The SMILES string of the molecule is Cc1cc2ncnc(SCN)c2cc1C. The van der Waals surface area contributed by atoms with Crippen molar-refractivity contribution >= 4 is 22.7 Å². The first kappa shape index (κ1) is 10.4. The maximum atomic E-state index is 5.52. The molecule has 0 amide bonds. The van der Waals surface area contributed by atoms with E-state index in [1.807, 2.05) is 0 Å². The van der Waals surface area contributed by atoms with E-state index in [-0.39, 0.29) is 0 Å². The fourth-order valence-electron chi connectivity index (χ4n) is 1.49. The Balaban J connectivity index is 2.68. The molecule has 78 valence electrons. The highest BCUT2D eigenvalue weighted by molar-refractivity contribution is 7.99. The summed E-state index contributed by atoms with van der Waals surface area (Å²) < 4.78 is 0. The van der Waals surface area contributed by atoms with Crippen molar-refractivity contribution in [2.45, 2.75) is 18.9 Å². The van der Waals surface area contributed by atoms with E-state index in [0.29, 0.717) is 5.88 Å².